The first-order valence-corrected chi connectivity index (χ1v) is 25.0. The van der Waals surface area contributed by atoms with Gasteiger partial charge in [-0.2, -0.15) is 0 Å². The van der Waals surface area contributed by atoms with Crippen LogP contribution in [0.5, 0.6) is 0 Å². The first-order valence-electron chi connectivity index (χ1n) is 25.0. The number of benzene rings is 9. The molecule has 0 atom stereocenters. The van der Waals surface area contributed by atoms with Crippen LogP contribution in [0.25, 0.3) is 105 Å². The average Bonchev–Trinajstić information content (AvgIpc) is 3.97. The van der Waals surface area contributed by atoms with Gasteiger partial charge in [0.15, 0.2) is 0 Å². The second-order valence-electron chi connectivity index (χ2n) is 21.6. The zero-order chi connectivity index (χ0) is 48.2. The molecule has 0 unspecified atom stereocenters. The molecule has 0 N–H and O–H groups in total. The maximum atomic E-state index is 4.32. The summed E-state index contributed by atoms with van der Waals surface area (Å²) < 4.78 is 0. The molecule has 0 amide bonds. The maximum Gasteiger partial charge on any atom is 0.0159 e. The SMILES string of the molecule is C=CC1=C(C=C)c2ccc(-c3ccc4c(c3)C(C)(C)c3cc5c(-c6ccc7c(c6)C(C)(C)c6ccccc6-7)c6ccccc6c(-c6ccc7c(c6)C(C)(C)C(C=C)=C7/C=C\C)c5cc3-4)c3cccc1c23. The summed E-state index contributed by atoms with van der Waals surface area (Å²) in [5, 5.41) is 7.65. The van der Waals surface area contributed by atoms with Gasteiger partial charge in [-0.1, -0.05) is 207 Å². The molecule has 0 saturated heterocycles. The summed E-state index contributed by atoms with van der Waals surface area (Å²) in [6, 6.07) is 56.4. The second kappa shape index (κ2) is 14.6. The third-order valence-corrected chi connectivity index (χ3v) is 17.1. The van der Waals surface area contributed by atoms with Gasteiger partial charge in [0.05, 0.1) is 0 Å². The van der Waals surface area contributed by atoms with Crippen molar-refractivity contribution in [2.45, 2.75) is 64.7 Å². The molecule has 70 heavy (non-hydrogen) atoms. The predicted molar refractivity (Wildman–Crippen MR) is 303 cm³/mol. The van der Waals surface area contributed by atoms with E-state index in [0.29, 0.717) is 0 Å². The third kappa shape index (κ3) is 5.43. The molecule has 13 rings (SSSR count). The molecule has 0 heterocycles. The molecule has 9 aromatic rings. The lowest BCUT2D eigenvalue weighted by atomic mass is 9.77. The summed E-state index contributed by atoms with van der Waals surface area (Å²) in [4.78, 5) is 0. The normalized spacial score (nSPS) is 16.3. The van der Waals surface area contributed by atoms with E-state index in [0.717, 1.165) is 11.1 Å². The van der Waals surface area contributed by atoms with E-state index < -0.39 is 0 Å². The van der Waals surface area contributed by atoms with Crippen LogP contribution in [0.15, 0.2) is 201 Å². The summed E-state index contributed by atoms with van der Waals surface area (Å²) in [6.45, 7) is 29.2. The van der Waals surface area contributed by atoms with Crippen molar-refractivity contribution < 1.29 is 0 Å². The Kier molecular flexibility index (Phi) is 8.83. The lowest BCUT2D eigenvalue weighted by Crippen LogP contribution is -2.16. The minimum atomic E-state index is -0.268. The van der Waals surface area contributed by atoms with Crippen molar-refractivity contribution in [2.75, 3.05) is 0 Å². The molecule has 0 aromatic heterocycles. The van der Waals surface area contributed by atoms with Gasteiger partial charge >= 0.3 is 0 Å². The standard InChI is InChI=1S/C70H56/c1-11-20-46-48-31-28-41(36-62(48)68(5,6)59(46)14-4)65-53-22-15-16-23-54(53)66(42-29-32-49-47-21-17-18-26-60(47)69(7,8)63(49)37-42)58-39-64-56(38-57(58)65)50-30-27-40(35-61(50)70(64,9)10)45-33-34-55-44(13-3)43(12-2)51-24-19-25-52(45)67(51)55/h11-39H,2-4H2,1,5-10H3/b20-11-. The Balaban J connectivity index is 1.07. The van der Waals surface area contributed by atoms with Crippen molar-refractivity contribution in [3.05, 3.63) is 246 Å². The Morgan fingerprint density at radius 1 is 0.343 bits per heavy atom. The molecule has 0 aliphatic heterocycles. The first-order chi connectivity index (χ1) is 33.8. The van der Waals surface area contributed by atoms with Crippen molar-refractivity contribution in [3.63, 3.8) is 0 Å². The maximum absolute atomic E-state index is 4.32. The van der Waals surface area contributed by atoms with Crippen LogP contribution in [0.2, 0.25) is 0 Å². The average molecular weight is 897 g/mol. The monoisotopic (exact) mass is 896 g/mol. The molecule has 4 aliphatic rings. The number of fused-ring (bicyclic) bond motifs is 9. The van der Waals surface area contributed by atoms with Gasteiger partial charge in [-0.25, -0.2) is 0 Å². The molecule has 336 valence electrons. The Bertz CT molecular complexity index is 3990. The molecule has 0 bridgehead atoms. The summed E-state index contributed by atoms with van der Waals surface area (Å²) in [5.41, 5.74) is 27.7. The second-order valence-corrected chi connectivity index (χ2v) is 21.6. The van der Waals surface area contributed by atoms with Crippen molar-refractivity contribution in [2.24, 2.45) is 0 Å². The van der Waals surface area contributed by atoms with Gasteiger partial charge in [0.1, 0.15) is 0 Å². The lowest BCUT2D eigenvalue weighted by molar-refractivity contribution is 0.655. The van der Waals surface area contributed by atoms with Crippen molar-refractivity contribution in [1.29, 1.82) is 0 Å². The smallest absolute Gasteiger partial charge is 0.0159 e. The van der Waals surface area contributed by atoms with E-state index in [2.05, 4.69) is 232 Å². The van der Waals surface area contributed by atoms with Crippen LogP contribution in [-0.2, 0) is 16.2 Å². The minimum Gasteiger partial charge on any atom is -0.0987 e. The van der Waals surface area contributed by atoms with Gasteiger partial charge < -0.3 is 0 Å². The summed E-state index contributed by atoms with van der Waals surface area (Å²) in [6.07, 6.45) is 10.4. The summed E-state index contributed by atoms with van der Waals surface area (Å²) >= 11 is 0. The van der Waals surface area contributed by atoms with E-state index in [9.17, 15) is 0 Å². The fourth-order valence-electron chi connectivity index (χ4n) is 13.7. The summed E-state index contributed by atoms with van der Waals surface area (Å²) in [7, 11) is 0. The molecular formula is C70H56. The van der Waals surface area contributed by atoms with E-state index in [1.807, 2.05) is 12.2 Å². The highest BCUT2D eigenvalue weighted by molar-refractivity contribution is 6.23. The van der Waals surface area contributed by atoms with Crippen molar-refractivity contribution in [3.8, 4) is 55.6 Å². The zero-order valence-corrected chi connectivity index (χ0v) is 41.4. The minimum absolute atomic E-state index is 0.124. The molecule has 0 fully saturated rings. The van der Waals surface area contributed by atoms with E-state index in [1.165, 1.54) is 144 Å². The van der Waals surface area contributed by atoms with Crippen LogP contribution >= 0.6 is 0 Å². The number of rotatable bonds is 7. The van der Waals surface area contributed by atoms with Gasteiger partial charge in [-0.15, -0.1) is 0 Å². The van der Waals surface area contributed by atoms with Crippen molar-refractivity contribution >= 4 is 49.0 Å². The van der Waals surface area contributed by atoms with Gasteiger partial charge in [-0.05, 0) is 192 Å². The molecule has 9 aromatic carbocycles. The van der Waals surface area contributed by atoms with E-state index in [4.69, 9.17) is 0 Å². The largest absolute Gasteiger partial charge is 0.0987 e. The van der Waals surface area contributed by atoms with E-state index in [-0.39, 0.29) is 16.2 Å². The Morgan fingerprint density at radius 2 is 0.814 bits per heavy atom. The van der Waals surface area contributed by atoms with Crippen LogP contribution in [0.3, 0.4) is 0 Å². The molecular weight excluding hydrogens is 841 g/mol. The van der Waals surface area contributed by atoms with E-state index in [1.54, 1.807) is 0 Å². The zero-order valence-electron chi connectivity index (χ0n) is 41.4. The predicted octanol–water partition coefficient (Wildman–Crippen LogP) is 19.2. The highest BCUT2D eigenvalue weighted by atomic mass is 14.4. The van der Waals surface area contributed by atoms with Gasteiger partial charge in [0.2, 0.25) is 0 Å². The molecule has 4 aliphatic carbocycles. The number of hydrogen-bond acceptors (Lipinski definition) is 0. The Morgan fingerprint density at radius 3 is 1.47 bits per heavy atom. The van der Waals surface area contributed by atoms with Crippen LogP contribution in [0.4, 0.5) is 0 Å². The fraction of sp³-hybridized carbons (Fsp3) is 0.143. The molecule has 0 radical (unpaired) electrons. The third-order valence-electron chi connectivity index (χ3n) is 17.1. The number of allylic oxidation sites excluding steroid dienone is 9. The van der Waals surface area contributed by atoms with Crippen molar-refractivity contribution in [1.82, 2.24) is 0 Å². The van der Waals surface area contributed by atoms with Crippen LogP contribution < -0.4 is 0 Å². The fourth-order valence-corrected chi connectivity index (χ4v) is 13.7. The van der Waals surface area contributed by atoms with Gasteiger partial charge in [0, 0.05) is 16.2 Å². The van der Waals surface area contributed by atoms with Gasteiger partial charge in [0.25, 0.3) is 0 Å². The molecule has 0 saturated carbocycles. The number of hydrogen-bond donors (Lipinski definition) is 0. The van der Waals surface area contributed by atoms with Gasteiger partial charge in [-0.3, -0.25) is 0 Å². The quantitative estimate of drug-likeness (QED) is 0.140. The highest BCUT2D eigenvalue weighted by Gasteiger charge is 2.40. The molecule has 0 nitrogen and oxygen atoms in total. The topological polar surface area (TPSA) is 0 Å². The van der Waals surface area contributed by atoms with E-state index >= 15 is 0 Å². The summed E-state index contributed by atoms with van der Waals surface area (Å²) in [5.74, 6) is 0. The Hall–Kier alpha value is -7.80. The lowest BCUT2D eigenvalue weighted by Gasteiger charge is -2.26. The van der Waals surface area contributed by atoms with Crippen LogP contribution in [0.1, 0.15) is 93.0 Å². The van der Waals surface area contributed by atoms with Crippen LogP contribution in [0, 0.1) is 0 Å². The Labute approximate surface area is 413 Å². The highest BCUT2D eigenvalue weighted by Crippen LogP contribution is 2.57. The molecule has 0 heteroatoms. The first kappa shape index (κ1) is 42.3. The molecule has 0 spiro atoms. The van der Waals surface area contributed by atoms with Crippen LogP contribution in [-0.4, -0.2) is 0 Å².